The number of fused-ring (bicyclic) bond motifs is 1. The molecule has 1 N–H and O–H groups in total. The molecule has 6 heteroatoms. The molecule has 35 heavy (non-hydrogen) atoms. The van der Waals surface area contributed by atoms with Crippen molar-refractivity contribution in [3.8, 4) is 11.5 Å². The summed E-state index contributed by atoms with van der Waals surface area (Å²) in [5.41, 5.74) is 2.10. The van der Waals surface area contributed by atoms with E-state index in [0.29, 0.717) is 19.6 Å². The van der Waals surface area contributed by atoms with Crippen LogP contribution in [0.25, 0.3) is 0 Å². The lowest BCUT2D eigenvalue weighted by atomic mass is 9.87. The van der Waals surface area contributed by atoms with Crippen molar-refractivity contribution in [3.05, 3.63) is 53.6 Å². The number of benzene rings is 2. The minimum Gasteiger partial charge on any atom is -0.497 e. The maximum Gasteiger partial charge on any atom is 0.306 e. The average molecular weight is 484 g/mol. The van der Waals surface area contributed by atoms with Crippen molar-refractivity contribution in [1.29, 1.82) is 0 Å². The van der Waals surface area contributed by atoms with Crippen LogP contribution in [0.3, 0.4) is 0 Å². The average Bonchev–Trinajstić information content (AvgIpc) is 2.78. The summed E-state index contributed by atoms with van der Waals surface area (Å²) in [6, 6.07) is 14.0. The Labute approximate surface area is 210 Å². The Balaban J connectivity index is 1.84. The van der Waals surface area contributed by atoms with Gasteiger partial charge in [-0.15, -0.1) is 0 Å². The maximum atomic E-state index is 12.8. The van der Waals surface area contributed by atoms with E-state index < -0.39 is 17.8 Å². The molecule has 2 atom stereocenters. The van der Waals surface area contributed by atoms with Crippen LogP contribution in [0.15, 0.2) is 42.5 Å². The Hall–Kier alpha value is -2.73. The van der Waals surface area contributed by atoms with E-state index in [-0.39, 0.29) is 11.4 Å². The van der Waals surface area contributed by atoms with Gasteiger partial charge in [0, 0.05) is 24.4 Å². The number of nitrogens with one attached hydrogen (secondary N) is 1. The maximum absolute atomic E-state index is 12.8. The zero-order valence-corrected chi connectivity index (χ0v) is 22.3. The molecule has 0 spiro atoms. The Morgan fingerprint density at radius 2 is 1.83 bits per heavy atom. The zero-order valence-electron chi connectivity index (χ0n) is 22.3. The molecule has 6 nitrogen and oxygen atoms in total. The van der Waals surface area contributed by atoms with Crippen LogP contribution >= 0.6 is 0 Å². The summed E-state index contributed by atoms with van der Waals surface area (Å²) in [5.74, 6) is 1.36. The van der Waals surface area contributed by atoms with Crippen molar-refractivity contribution in [1.82, 2.24) is 0 Å². The van der Waals surface area contributed by atoms with Gasteiger partial charge in [0.2, 0.25) is 0 Å². The molecule has 0 saturated carbocycles. The predicted molar refractivity (Wildman–Crippen MR) is 139 cm³/mol. The molecule has 3 rings (SSSR count). The van der Waals surface area contributed by atoms with Crippen LogP contribution < -0.4 is 14.8 Å². The number of hydrogen-bond donors (Lipinski definition) is 1. The van der Waals surface area contributed by atoms with E-state index in [0.717, 1.165) is 41.2 Å². The molecule has 1 aliphatic rings. The third-order valence-corrected chi connectivity index (χ3v) is 6.03. The highest BCUT2D eigenvalue weighted by Crippen LogP contribution is 2.44. The third-order valence-electron chi connectivity index (χ3n) is 6.03. The number of rotatable bonds is 10. The van der Waals surface area contributed by atoms with Gasteiger partial charge in [0.25, 0.3) is 0 Å². The van der Waals surface area contributed by atoms with Crippen molar-refractivity contribution in [2.75, 3.05) is 19.0 Å². The number of hydrogen-bond acceptors (Lipinski definition) is 6. The quantitative estimate of drug-likeness (QED) is 0.300. The Morgan fingerprint density at radius 3 is 2.46 bits per heavy atom. The van der Waals surface area contributed by atoms with Crippen LogP contribution in [0, 0.1) is 5.41 Å². The van der Waals surface area contributed by atoms with Gasteiger partial charge in [-0.1, -0.05) is 46.2 Å². The topological polar surface area (TPSA) is 66.0 Å². The standard InChI is InChI=1S/C29H41NO5/c1-8-9-16-33-26-23-17-21(30-19-20-10-13-22(32-7)14-11-20)12-15-24(23)35-29(5,6)27(26)34-25(31)18-28(2,3)4/h10-15,17,26-27,30H,8-9,16,18-19H2,1-7H3. The molecular formula is C29H41NO5. The van der Waals surface area contributed by atoms with E-state index in [9.17, 15) is 4.79 Å². The minimum atomic E-state index is -0.727. The monoisotopic (exact) mass is 483 g/mol. The summed E-state index contributed by atoms with van der Waals surface area (Å²) >= 11 is 0. The summed E-state index contributed by atoms with van der Waals surface area (Å²) in [6.45, 7) is 13.4. The second-order valence-electron chi connectivity index (χ2n) is 11.0. The Bertz CT molecular complexity index is 978. The SMILES string of the molecule is CCCCOC1c2cc(NCc3ccc(OC)cc3)ccc2OC(C)(C)C1OC(=O)CC(C)(C)C. The van der Waals surface area contributed by atoms with E-state index in [2.05, 4.69) is 18.3 Å². The van der Waals surface area contributed by atoms with Gasteiger partial charge in [0.1, 0.15) is 23.2 Å². The molecule has 2 unspecified atom stereocenters. The predicted octanol–water partition coefficient (Wildman–Crippen LogP) is 6.68. The first-order valence-electron chi connectivity index (χ1n) is 12.5. The highest BCUT2D eigenvalue weighted by Gasteiger charge is 2.47. The summed E-state index contributed by atoms with van der Waals surface area (Å²) in [4.78, 5) is 12.8. The van der Waals surface area contributed by atoms with Gasteiger partial charge in [0.15, 0.2) is 6.10 Å². The summed E-state index contributed by atoms with van der Waals surface area (Å²) in [6.07, 6.45) is 1.32. The van der Waals surface area contributed by atoms with Crippen LogP contribution in [0.4, 0.5) is 5.69 Å². The number of anilines is 1. The first-order valence-corrected chi connectivity index (χ1v) is 12.5. The van der Waals surface area contributed by atoms with Crippen molar-refractivity contribution in [3.63, 3.8) is 0 Å². The highest BCUT2D eigenvalue weighted by molar-refractivity contribution is 5.70. The number of esters is 1. The number of methoxy groups -OCH3 is 1. The van der Waals surface area contributed by atoms with E-state index >= 15 is 0 Å². The molecule has 0 bridgehead atoms. The van der Waals surface area contributed by atoms with Gasteiger partial charge in [-0.25, -0.2) is 0 Å². The lowest BCUT2D eigenvalue weighted by Crippen LogP contribution is -2.52. The first kappa shape index (κ1) is 26.9. The molecule has 0 saturated heterocycles. The van der Waals surface area contributed by atoms with Crippen LogP contribution in [-0.4, -0.2) is 31.4 Å². The fourth-order valence-electron chi connectivity index (χ4n) is 4.14. The fourth-order valence-corrected chi connectivity index (χ4v) is 4.14. The van der Waals surface area contributed by atoms with Gasteiger partial charge < -0.3 is 24.3 Å². The molecule has 0 aromatic heterocycles. The van der Waals surface area contributed by atoms with Crippen molar-refractivity contribution in [2.24, 2.45) is 5.41 Å². The summed E-state index contributed by atoms with van der Waals surface area (Å²) in [5, 5.41) is 3.48. The molecule has 0 amide bonds. The second kappa shape index (κ2) is 11.3. The zero-order chi connectivity index (χ0) is 25.6. The lowest BCUT2D eigenvalue weighted by molar-refractivity contribution is -0.186. The van der Waals surface area contributed by atoms with Gasteiger partial charge in [-0.05, 0) is 61.6 Å². The van der Waals surface area contributed by atoms with E-state index in [1.54, 1.807) is 7.11 Å². The van der Waals surface area contributed by atoms with Gasteiger partial charge >= 0.3 is 5.97 Å². The van der Waals surface area contributed by atoms with Crippen LogP contribution in [0.5, 0.6) is 11.5 Å². The van der Waals surface area contributed by atoms with E-state index in [1.807, 2.05) is 71.0 Å². The summed E-state index contributed by atoms with van der Waals surface area (Å²) < 4.78 is 24.0. The lowest BCUT2D eigenvalue weighted by Gasteiger charge is -2.44. The Morgan fingerprint density at radius 1 is 1.11 bits per heavy atom. The molecular weight excluding hydrogens is 442 g/mol. The summed E-state index contributed by atoms with van der Waals surface area (Å²) in [7, 11) is 1.66. The molecule has 0 radical (unpaired) electrons. The van der Waals surface area contributed by atoms with Gasteiger partial charge in [0.05, 0.1) is 13.5 Å². The van der Waals surface area contributed by atoms with E-state index in [4.69, 9.17) is 18.9 Å². The number of carbonyl (C=O) groups is 1. The molecule has 1 heterocycles. The fraction of sp³-hybridized carbons (Fsp3) is 0.552. The molecule has 0 fully saturated rings. The first-order chi connectivity index (χ1) is 16.5. The van der Waals surface area contributed by atoms with Gasteiger partial charge in [-0.3, -0.25) is 4.79 Å². The van der Waals surface area contributed by atoms with Crippen molar-refractivity contribution >= 4 is 11.7 Å². The molecule has 2 aromatic carbocycles. The largest absolute Gasteiger partial charge is 0.497 e. The van der Waals surface area contributed by atoms with Crippen molar-refractivity contribution in [2.45, 2.75) is 85.2 Å². The van der Waals surface area contributed by atoms with Crippen LogP contribution in [0.2, 0.25) is 0 Å². The van der Waals surface area contributed by atoms with Gasteiger partial charge in [-0.2, -0.15) is 0 Å². The molecule has 2 aromatic rings. The van der Waals surface area contributed by atoms with Crippen LogP contribution in [-0.2, 0) is 20.8 Å². The number of unbranched alkanes of at least 4 members (excludes halogenated alkanes) is 1. The van der Waals surface area contributed by atoms with Crippen LogP contribution in [0.1, 0.15) is 78.0 Å². The minimum absolute atomic E-state index is 0.161. The molecule has 0 aliphatic carbocycles. The highest BCUT2D eigenvalue weighted by atomic mass is 16.6. The van der Waals surface area contributed by atoms with E-state index in [1.165, 1.54) is 0 Å². The smallest absolute Gasteiger partial charge is 0.306 e. The normalized spacial score (nSPS) is 18.8. The third kappa shape index (κ3) is 7.38. The molecule has 192 valence electrons. The second-order valence-corrected chi connectivity index (χ2v) is 11.0. The van der Waals surface area contributed by atoms with Crippen molar-refractivity contribution < 1.29 is 23.7 Å². The number of ether oxygens (including phenoxy) is 4. The number of carbonyl (C=O) groups excluding carboxylic acids is 1. The Kier molecular flexibility index (Phi) is 8.70. The molecule has 1 aliphatic heterocycles.